The van der Waals surface area contributed by atoms with E-state index in [1.165, 1.54) is 42.3 Å². The van der Waals surface area contributed by atoms with E-state index in [0.29, 0.717) is 11.4 Å². The number of carbonyl (C=O) groups excluding carboxylic acids is 1. The number of amides is 1. The smallest absolute Gasteiger partial charge is 0.229 e. The highest BCUT2D eigenvalue weighted by molar-refractivity contribution is 6.34. The molecule has 2 rings (SSSR count). The lowest BCUT2D eigenvalue weighted by molar-refractivity contribution is -0.115. The van der Waals surface area contributed by atoms with Crippen molar-refractivity contribution in [1.82, 2.24) is 4.98 Å². The van der Waals surface area contributed by atoms with Gasteiger partial charge in [-0.2, -0.15) is 0 Å². The molecule has 1 aromatic heterocycles. The second-order valence-electron chi connectivity index (χ2n) is 3.96. The SMILES string of the molecule is CC(=O)N(c1cc(NO)ccn1)c1ccc(F)cc1Cl. The molecule has 0 aliphatic carbocycles. The van der Waals surface area contributed by atoms with Crippen molar-refractivity contribution in [2.45, 2.75) is 6.92 Å². The van der Waals surface area contributed by atoms with Crippen molar-refractivity contribution in [3.05, 3.63) is 47.4 Å². The number of benzene rings is 1. The van der Waals surface area contributed by atoms with E-state index in [0.717, 1.165) is 6.07 Å². The summed E-state index contributed by atoms with van der Waals surface area (Å²) in [5, 5.41) is 8.97. The van der Waals surface area contributed by atoms with Crippen molar-refractivity contribution in [2.75, 3.05) is 10.4 Å². The summed E-state index contributed by atoms with van der Waals surface area (Å²) < 4.78 is 13.1. The highest BCUT2D eigenvalue weighted by atomic mass is 35.5. The Morgan fingerprint density at radius 1 is 1.40 bits per heavy atom. The molecule has 20 heavy (non-hydrogen) atoms. The summed E-state index contributed by atoms with van der Waals surface area (Å²) in [6.07, 6.45) is 1.42. The van der Waals surface area contributed by atoms with E-state index in [1.54, 1.807) is 0 Å². The fraction of sp³-hybridized carbons (Fsp3) is 0.0769. The predicted molar refractivity (Wildman–Crippen MR) is 73.9 cm³/mol. The van der Waals surface area contributed by atoms with E-state index in [-0.39, 0.29) is 16.7 Å². The first-order valence-corrected chi connectivity index (χ1v) is 6.02. The highest BCUT2D eigenvalue weighted by Gasteiger charge is 2.19. The van der Waals surface area contributed by atoms with Crippen LogP contribution in [0, 0.1) is 5.82 Å². The first-order chi connectivity index (χ1) is 9.52. The molecule has 0 aliphatic rings. The van der Waals surface area contributed by atoms with Crippen molar-refractivity contribution in [2.24, 2.45) is 0 Å². The van der Waals surface area contributed by atoms with Gasteiger partial charge in [-0.1, -0.05) is 11.6 Å². The topological polar surface area (TPSA) is 65.5 Å². The van der Waals surface area contributed by atoms with E-state index < -0.39 is 5.82 Å². The van der Waals surface area contributed by atoms with Crippen molar-refractivity contribution in [1.29, 1.82) is 0 Å². The molecule has 1 aromatic carbocycles. The fourth-order valence-corrected chi connectivity index (χ4v) is 1.98. The van der Waals surface area contributed by atoms with Crippen LogP contribution in [-0.2, 0) is 4.79 Å². The Hall–Kier alpha value is -2.18. The molecule has 104 valence electrons. The van der Waals surface area contributed by atoms with Crippen LogP contribution in [0.2, 0.25) is 5.02 Å². The van der Waals surface area contributed by atoms with Gasteiger partial charge in [0.2, 0.25) is 5.91 Å². The Morgan fingerprint density at radius 3 is 2.75 bits per heavy atom. The van der Waals surface area contributed by atoms with Crippen LogP contribution in [0.5, 0.6) is 0 Å². The molecule has 0 atom stereocenters. The second-order valence-corrected chi connectivity index (χ2v) is 4.37. The average Bonchev–Trinajstić information content (AvgIpc) is 2.41. The van der Waals surface area contributed by atoms with E-state index >= 15 is 0 Å². The zero-order valence-electron chi connectivity index (χ0n) is 10.5. The zero-order valence-corrected chi connectivity index (χ0v) is 11.2. The van der Waals surface area contributed by atoms with Gasteiger partial charge in [0, 0.05) is 19.2 Å². The van der Waals surface area contributed by atoms with Gasteiger partial charge >= 0.3 is 0 Å². The number of rotatable bonds is 3. The van der Waals surface area contributed by atoms with Crippen molar-refractivity contribution in [3.63, 3.8) is 0 Å². The summed E-state index contributed by atoms with van der Waals surface area (Å²) in [6, 6.07) is 6.68. The quantitative estimate of drug-likeness (QED) is 0.852. The molecule has 1 heterocycles. The fourth-order valence-electron chi connectivity index (χ4n) is 1.73. The maximum atomic E-state index is 13.1. The Bertz CT molecular complexity index is 651. The number of halogens is 2. The largest absolute Gasteiger partial charge is 0.291 e. The summed E-state index contributed by atoms with van der Waals surface area (Å²) in [4.78, 5) is 17.1. The van der Waals surface area contributed by atoms with Gasteiger partial charge in [-0.25, -0.2) is 9.37 Å². The van der Waals surface area contributed by atoms with Crippen LogP contribution >= 0.6 is 11.6 Å². The van der Waals surface area contributed by atoms with E-state index in [9.17, 15) is 9.18 Å². The van der Waals surface area contributed by atoms with Gasteiger partial charge in [-0.05, 0) is 24.3 Å². The Kier molecular flexibility index (Phi) is 4.16. The number of anilines is 3. The van der Waals surface area contributed by atoms with Gasteiger partial charge in [0.05, 0.1) is 16.4 Å². The predicted octanol–water partition coefficient (Wildman–Crippen LogP) is 3.36. The van der Waals surface area contributed by atoms with Gasteiger partial charge in [-0.3, -0.25) is 20.4 Å². The Morgan fingerprint density at radius 2 is 2.15 bits per heavy atom. The molecular formula is C13H11ClFN3O2. The normalized spacial score (nSPS) is 10.2. The van der Waals surface area contributed by atoms with Crippen molar-refractivity contribution < 1.29 is 14.4 Å². The van der Waals surface area contributed by atoms with Crippen LogP contribution < -0.4 is 10.4 Å². The minimum absolute atomic E-state index is 0.0874. The maximum Gasteiger partial charge on any atom is 0.229 e. The van der Waals surface area contributed by atoms with Gasteiger partial charge in [0.15, 0.2) is 0 Å². The molecular weight excluding hydrogens is 285 g/mol. The number of pyridine rings is 1. The molecule has 7 heteroatoms. The van der Waals surface area contributed by atoms with Crippen LogP contribution in [-0.4, -0.2) is 16.1 Å². The molecule has 0 aliphatic heterocycles. The van der Waals surface area contributed by atoms with Crippen LogP contribution in [0.3, 0.4) is 0 Å². The van der Waals surface area contributed by atoms with Crippen LogP contribution in [0.4, 0.5) is 21.6 Å². The third kappa shape index (κ3) is 2.87. The lowest BCUT2D eigenvalue weighted by atomic mass is 10.2. The molecule has 1 amide bonds. The zero-order chi connectivity index (χ0) is 14.7. The molecule has 0 radical (unpaired) electrons. The summed E-state index contributed by atoms with van der Waals surface area (Å²) >= 11 is 5.97. The highest BCUT2D eigenvalue weighted by Crippen LogP contribution is 2.32. The monoisotopic (exact) mass is 295 g/mol. The summed E-state index contributed by atoms with van der Waals surface area (Å²) in [5.74, 6) is -0.591. The number of nitrogens with one attached hydrogen (secondary N) is 1. The van der Waals surface area contributed by atoms with Crippen LogP contribution in [0.1, 0.15) is 6.92 Å². The minimum Gasteiger partial charge on any atom is -0.291 e. The summed E-state index contributed by atoms with van der Waals surface area (Å²) in [7, 11) is 0. The van der Waals surface area contributed by atoms with Gasteiger partial charge in [0.25, 0.3) is 0 Å². The van der Waals surface area contributed by atoms with Gasteiger partial charge in [-0.15, -0.1) is 0 Å². The molecule has 0 spiro atoms. The Balaban J connectivity index is 2.53. The Labute approximate surface area is 119 Å². The van der Waals surface area contributed by atoms with Crippen LogP contribution in [0.15, 0.2) is 36.5 Å². The minimum atomic E-state index is -0.499. The number of nitrogens with zero attached hydrogens (tertiary/aromatic N) is 2. The summed E-state index contributed by atoms with van der Waals surface area (Å²) in [5.41, 5.74) is 2.63. The van der Waals surface area contributed by atoms with E-state index in [2.05, 4.69) is 4.98 Å². The molecule has 0 bridgehead atoms. The first kappa shape index (κ1) is 14.2. The van der Waals surface area contributed by atoms with Crippen molar-refractivity contribution in [3.8, 4) is 0 Å². The standard InChI is InChI=1S/C13H11ClFN3O2/c1-8(19)18(12-3-2-9(15)6-11(12)14)13-7-10(17-20)4-5-16-13/h2-7,20H,1H3,(H,16,17). The molecule has 0 unspecified atom stereocenters. The molecule has 0 fully saturated rings. The van der Waals surface area contributed by atoms with Crippen LogP contribution in [0.25, 0.3) is 0 Å². The maximum absolute atomic E-state index is 13.1. The molecule has 5 nitrogen and oxygen atoms in total. The van der Waals surface area contributed by atoms with E-state index in [4.69, 9.17) is 16.8 Å². The molecule has 0 saturated carbocycles. The summed E-state index contributed by atoms with van der Waals surface area (Å²) in [6.45, 7) is 1.33. The second kappa shape index (κ2) is 5.85. The number of hydrogen-bond acceptors (Lipinski definition) is 4. The molecule has 2 aromatic rings. The number of hydrogen-bond donors (Lipinski definition) is 2. The molecule has 0 saturated heterocycles. The molecule has 2 N–H and O–H groups in total. The number of aromatic nitrogens is 1. The lowest BCUT2D eigenvalue weighted by Gasteiger charge is -2.21. The third-order valence-corrected chi connectivity index (χ3v) is 2.87. The van der Waals surface area contributed by atoms with E-state index in [1.807, 2.05) is 5.48 Å². The van der Waals surface area contributed by atoms with Gasteiger partial charge in [0.1, 0.15) is 11.6 Å². The lowest BCUT2D eigenvalue weighted by Crippen LogP contribution is -2.24. The van der Waals surface area contributed by atoms with Gasteiger partial charge < -0.3 is 0 Å². The number of carbonyl (C=O) groups is 1. The third-order valence-electron chi connectivity index (χ3n) is 2.57. The first-order valence-electron chi connectivity index (χ1n) is 5.65. The average molecular weight is 296 g/mol. The van der Waals surface area contributed by atoms with Crippen molar-refractivity contribution >= 4 is 34.7 Å².